The van der Waals surface area contributed by atoms with Gasteiger partial charge < -0.3 is 5.32 Å². The first-order valence-electron chi connectivity index (χ1n) is 7.44. The monoisotopic (exact) mass is 330 g/mol. The quantitative estimate of drug-likeness (QED) is 0.748. The summed E-state index contributed by atoms with van der Waals surface area (Å²) in [4.78, 5) is 0. The standard InChI is InChI=1S/C14H27BrN4/c1-5-8-9-11(7-3)12(16-10-6-2)13-14(15)17-18-19(13)4/h11-12,16H,5-10H2,1-4H3. The third-order valence-corrected chi connectivity index (χ3v) is 4.22. The topological polar surface area (TPSA) is 42.7 Å². The number of aromatic nitrogens is 3. The number of nitrogens with zero attached hydrogens (tertiary/aromatic N) is 3. The van der Waals surface area contributed by atoms with Crippen LogP contribution in [0, 0.1) is 5.92 Å². The molecule has 1 aromatic rings. The summed E-state index contributed by atoms with van der Waals surface area (Å²) in [5.41, 5.74) is 1.18. The predicted molar refractivity (Wildman–Crippen MR) is 83.0 cm³/mol. The molecule has 1 rings (SSSR count). The molecule has 19 heavy (non-hydrogen) atoms. The van der Waals surface area contributed by atoms with Crippen LogP contribution >= 0.6 is 15.9 Å². The van der Waals surface area contributed by atoms with Crippen LogP contribution in [-0.2, 0) is 7.05 Å². The Morgan fingerprint density at radius 1 is 1.26 bits per heavy atom. The molecule has 4 nitrogen and oxygen atoms in total. The Bertz CT molecular complexity index is 345. The van der Waals surface area contributed by atoms with Gasteiger partial charge in [0.1, 0.15) is 0 Å². The molecule has 0 aliphatic carbocycles. The first-order valence-corrected chi connectivity index (χ1v) is 8.23. The van der Waals surface area contributed by atoms with Crippen molar-refractivity contribution in [2.45, 2.75) is 58.9 Å². The fourth-order valence-corrected chi connectivity index (χ4v) is 3.10. The highest BCUT2D eigenvalue weighted by Gasteiger charge is 2.26. The predicted octanol–water partition coefficient (Wildman–Crippen LogP) is 3.83. The van der Waals surface area contributed by atoms with Gasteiger partial charge in [-0.15, -0.1) is 5.10 Å². The minimum absolute atomic E-state index is 0.339. The van der Waals surface area contributed by atoms with Gasteiger partial charge >= 0.3 is 0 Å². The van der Waals surface area contributed by atoms with E-state index < -0.39 is 0 Å². The Morgan fingerprint density at radius 3 is 2.47 bits per heavy atom. The lowest BCUT2D eigenvalue weighted by atomic mass is 9.89. The third kappa shape index (κ3) is 4.56. The maximum absolute atomic E-state index is 4.13. The summed E-state index contributed by atoms with van der Waals surface area (Å²) in [5.74, 6) is 0.639. The van der Waals surface area contributed by atoms with Crippen LogP contribution in [0.4, 0.5) is 0 Å². The fraction of sp³-hybridized carbons (Fsp3) is 0.857. The van der Waals surface area contributed by atoms with E-state index in [1.54, 1.807) is 0 Å². The number of nitrogens with one attached hydrogen (secondary N) is 1. The molecule has 110 valence electrons. The molecular weight excluding hydrogens is 304 g/mol. The van der Waals surface area contributed by atoms with Gasteiger partial charge in [0.05, 0.1) is 11.7 Å². The molecule has 2 atom stereocenters. The third-order valence-electron chi connectivity index (χ3n) is 3.66. The SMILES string of the molecule is CCCCC(CC)C(NCCC)c1c(Br)nnn1C. The molecule has 0 spiro atoms. The second-order valence-corrected chi connectivity index (χ2v) is 5.88. The van der Waals surface area contributed by atoms with E-state index in [2.05, 4.69) is 52.3 Å². The zero-order valence-corrected chi connectivity index (χ0v) is 14.2. The number of rotatable bonds is 9. The molecule has 5 heteroatoms. The average Bonchev–Trinajstić information content (AvgIpc) is 2.74. The minimum Gasteiger partial charge on any atom is -0.308 e. The molecule has 0 saturated heterocycles. The van der Waals surface area contributed by atoms with Gasteiger partial charge in [-0.05, 0) is 41.2 Å². The van der Waals surface area contributed by atoms with Crippen LogP contribution in [0.3, 0.4) is 0 Å². The van der Waals surface area contributed by atoms with Gasteiger partial charge in [0.15, 0.2) is 4.60 Å². The van der Waals surface area contributed by atoms with Crippen molar-refractivity contribution < 1.29 is 0 Å². The highest BCUT2D eigenvalue weighted by Crippen LogP contribution is 2.32. The zero-order chi connectivity index (χ0) is 14.3. The summed E-state index contributed by atoms with van der Waals surface area (Å²) in [5, 5.41) is 11.9. The first kappa shape index (κ1) is 16.6. The van der Waals surface area contributed by atoms with Crippen molar-refractivity contribution in [3.63, 3.8) is 0 Å². The van der Waals surface area contributed by atoms with Crippen molar-refractivity contribution in [2.24, 2.45) is 13.0 Å². The summed E-state index contributed by atoms with van der Waals surface area (Å²) < 4.78 is 2.77. The summed E-state index contributed by atoms with van der Waals surface area (Å²) in [6.45, 7) is 7.76. The lowest BCUT2D eigenvalue weighted by Crippen LogP contribution is -2.31. The van der Waals surface area contributed by atoms with E-state index in [0.29, 0.717) is 12.0 Å². The largest absolute Gasteiger partial charge is 0.308 e. The summed E-state index contributed by atoms with van der Waals surface area (Å²) in [6, 6.07) is 0.339. The highest BCUT2D eigenvalue weighted by molar-refractivity contribution is 9.10. The van der Waals surface area contributed by atoms with E-state index in [1.807, 2.05) is 11.7 Å². The van der Waals surface area contributed by atoms with E-state index in [1.165, 1.54) is 31.4 Å². The normalized spacial score (nSPS) is 14.6. The molecule has 2 unspecified atom stereocenters. The van der Waals surface area contributed by atoms with Gasteiger partial charge in [0.25, 0.3) is 0 Å². The lowest BCUT2D eigenvalue weighted by Gasteiger charge is -2.27. The summed E-state index contributed by atoms with van der Waals surface area (Å²) in [7, 11) is 1.97. The van der Waals surface area contributed by atoms with E-state index in [9.17, 15) is 0 Å². The lowest BCUT2D eigenvalue weighted by molar-refractivity contribution is 0.310. The second kappa shape index (κ2) is 8.69. The van der Waals surface area contributed by atoms with Crippen LogP contribution in [0.15, 0.2) is 4.60 Å². The number of halogens is 1. The van der Waals surface area contributed by atoms with Crippen LogP contribution in [0.25, 0.3) is 0 Å². The van der Waals surface area contributed by atoms with E-state index in [0.717, 1.165) is 17.6 Å². The van der Waals surface area contributed by atoms with Gasteiger partial charge in [-0.3, -0.25) is 0 Å². The molecule has 0 aliphatic rings. The Balaban J connectivity index is 2.92. The first-order chi connectivity index (χ1) is 9.15. The average molecular weight is 331 g/mol. The number of hydrogen-bond donors (Lipinski definition) is 1. The van der Waals surface area contributed by atoms with Gasteiger partial charge in [-0.25, -0.2) is 4.68 Å². The molecule has 0 fully saturated rings. The molecular formula is C14H27BrN4. The molecule has 0 aromatic carbocycles. The van der Waals surface area contributed by atoms with Crippen molar-refractivity contribution >= 4 is 15.9 Å². The van der Waals surface area contributed by atoms with E-state index in [-0.39, 0.29) is 0 Å². The zero-order valence-electron chi connectivity index (χ0n) is 12.6. The van der Waals surface area contributed by atoms with Crippen LogP contribution in [0.2, 0.25) is 0 Å². The maximum Gasteiger partial charge on any atom is 0.153 e. The van der Waals surface area contributed by atoms with Gasteiger partial charge in [-0.1, -0.05) is 45.2 Å². The Labute approximate surface area is 125 Å². The van der Waals surface area contributed by atoms with Crippen LogP contribution in [0.1, 0.15) is 64.6 Å². The number of hydrogen-bond acceptors (Lipinski definition) is 3. The Morgan fingerprint density at radius 2 is 2.00 bits per heavy atom. The number of aryl methyl sites for hydroxylation is 1. The van der Waals surface area contributed by atoms with Crippen molar-refractivity contribution in [1.82, 2.24) is 20.3 Å². The van der Waals surface area contributed by atoms with Crippen LogP contribution in [0.5, 0.6) is 0 Å². The molecule has 0 saturated carbocycles. The Kier molecular flexibility index (Phi) is 7.61. The van der Waals surface area contributed by atoms with Crippen LogP contribution in [-0.4, -0.2) is 21.5 Å². The van der Waals surface area contributed by atoms with Crippen molar-refractivity contribution in [3.8, 4) is 0 Å². The Hall–Kier alpha value is -0.420. The van der Waals surface area contributed by atoms with E-state index >= 15 is 0 Å². The van der Waals surface area contributed by atoms with Crippen LogP contribution < -0.4 is 5.32 Å². The summed E-state index contributed by atoms with van der Waals surface area (Å²) in [6.07, 6.45) is 6.11. The fourth-order valence-electron chi connectivity index (χ4n) is 2.53. The summed E-state index contributed by atoms with van der Waals surface area (Å²) >= 11 is 3.54. The maximum atomic E-state index is 4.13. The highest BCUT2D eigenvalue weighted by atomic mass is 79.9. The van der Waals surface area contributed by atoms with E-state index in [4.69, 9.17) is 0 Å². The smallest absolute Gasteiger partial charge is 0.153 e. The number of unbranched alkanes of at least 4 members (excludes halogenated alkanes) is 1. The second-order valence-electron chi connectivity index (χ2n) is 5.13. The molecule has 0 aliphatic heterocycles. The van der Waals surface area contributed by atoms with Gasteiger partial charge in [-0.2, -0.15) is 0 Å². The molecule has 0 bridgehead atoms. The molecule has 1 aromatic heterocycles. The molecule has 0 amide bonds. The van der Waals surface area contributed by atoms with Crippen molar-refractivity contribution in [1.29, 1.82) is 0 Å². The molecule has 1 N–H and O–H groups in total. The van der Waals surface area contributed by atoms with Gasteiger partial charge in [0, 0.05) is 7.05 Å². The van der Waals surface area contributed by atoms with Crippen molar-refractivity contribution in [2.75, 3.05) is 6.54 Å². The minimum atomic E-state index is 0.339. The molecule has 1 heterocycles. The van der Waals surface area contributed by atoms with Gasteiger partial charge in [0.2, 0.25) is 0 Å². The molecule has 0 radical (unpaired) electrons. The van der Waals surface area contributed by atoms with Crippen molar-refractivity contribution in [3.05, 3.63) is 10.3 Å².